The van der Waals surface area contributed by atoms with Crippen molar-refractivity contribution < 1.29 is 19.1 Å². The predicted octanol–water partition coefficient (Wildman–Crippen LogP) is 3.50. The van der Waals surface area contributed by atoms with E-state index in [1.165, 1.54) is 31.9 Å². The van der Waals surface area contributed by atoms with E-state index in [0.29, 0.717) is 29.5 Å². The monoisotopic (exact) mass is 370 g/mol. The van der Waals surface area contributed by atoms with Crippen molar-refractivity contribution in [1.82, 2.24) is 0 Å². The minimum Gasteiger partial charge on any atom is -0.493 e. The number of carbonyl (C=O) groups is 2. The maximum atomic E-state index is 12.4. The van der Waals surface area contributed by atoms with Crippen LogP contribution in [0.4, 0.5) is 5.69 Å². The number of hydrogen-bond donors (Lipinski definition) is 2. The Balaban J connectivity index is 2.09. The van der Waals surface area contributed by atoms with Gasteiger partial charge in [-0.2, -0.15) is 0 Å². The molecule has 0 bridgehead atoms. The zero-order valence-corrected chi connectivity index (χ0v) is 16.2. The number of nitrogens with one attached hydrogen (secondary N) is 1. The van der Waals surface area contributed by atoms with Crippen molar-refractivity contribution in [3.8, 4) is 11.5 Å². The van der Waals surface area contributed by atoms with Gasteiger partial charge in [0.1, 0.15) is 0 Å². The minimum atomic E-state index is -0.657. The van der Waals surface area contributed by atoms with Crippen LogP contribution in [0.25, 0.3) is 0 Å². The fraction of sp³-hybridized carbons (Fsp3) is 0.333. The number of ether oxygens (including phenoxy) is 2. The molecule has 0 saturated carbocycles. The molecule has 2 rings (SSSR count). The van der Waals surface area contributed by atoms with E-state index in [9.17, 15) is 9.59 Å². The number of benzene rings is 2. The normalized spacial score (nSPS) is 10.6. The number of nitrogens with two attached hydrogens (primary N) is 1. The quantitative estimate of drug-likeness (QED) is 0.744. The molecule has 3 N–H and O–H groups in total. The van der Waals surface area contributed by atoms with E-state index in [4.69, 9.17) is 15.2 Å². The van der Waals surface area contributed by atoms with Crippen LogP contribution in [0, 0.1) is 0 Å². The summed E-state index contributed by atoms with van der Waals surface area (Å²) in [6.07, 6.45) is 0.886. The van der Waals surface area contributed by atoms with Crippen molar-refractivity contribution in [2.24, 2.45) is 5.73 Å². The van der Waals surface area contributed by atoms with Crippen LogP contribution in [0.15, 0.2) is 36.4 Å². The molecule has 2 amide bonds. The third-order valence-electron chi connectivity index (χ3n) is 4.35. The number of hydrogen-bond acceptors (Lipinski definition) is 4. The number of methoxy groups -OCH3 is 2. The van der Waals surface area contributed by atoms with E-state index in [1.54, 1.807) is 0 Å². The first-order valence-corrected chi connectivity index (χ1v) is 8.80. The average molecular weight is 370 g/mol. The fourth-order valence-corrected chi connectivity index (χ4v) is 2.73. The summed E-state index contributed by atoms with van der Waals surface area (Å²) < 4.78 is 10.4. The Hall–Kier alpha value is -3.02. The molecule has 0 saturated heterocycles. The maximum absolute atomic E-state index is 12.4. The van der Waals surface area contributed by atoms with Gasteiger partial charge in [-0.15, -0.1) is 0 Å². The number of carbonyl (C=O) groups excluding carboxylic acids is 2. The molecule has 0 radical (unpaired) electrons. The van der Waals surface area contributed by atoms with Crippen LogP contribution in [0.3, 0.4) is 0 Å². The zero-order valence-electron chi connectivity index (χ0n) is 16.2. The highest BCUT2D eigenvalue weighted by molar-refractivity contribution is 6.03. The van der Waals surface area contributed by atoms with Gasteiger partial charge in [-0.25, -0.2) is 0 Å². The van der Waals surface area contributed by atoms with E-state index < -0.39 is 5.91 Å². The standard InChI is InChI=1S/C21H26N2O4/c1-13(2)15-8-5-14(6-9-15)7-10-20(24)23-17-12-19(27-4)18(26-3)11-16(17)21(22)25/h5-6,8-9,11-13H,7,10H2,1-4H3,(H2,22,25)(H,23,24). The number of anilines is 1. The molecule has 0 fully saturated rings. The van der Waals surface area contributed by atoms with E-state index >= 15 is 0 Å². The Morgan fingerprint density at radius 2 is 1.63 bits per heavy atom. The zero-order chi connectivity index (χ0) is 20.0. The molecule has 2 aromatic rings. The van der Waals surface area contributed by atoms with Gasteiger partial charge in [0.05, 0.1) is 25.5 Å². The van der Waals surface area contributed by atoms with E-state index in [-0.39, 0.29) is 17.9 Å². The molecule has 0 spiro atoms. The maximum Gasteiger partial charge on any atom is 0.250 e. The molecule has 144 valence electrons. The molecule has 0 aromatic heterocycles. The van der Waals surface area contributed by atoms with Gasteiger partial charge in [-0.3, -0.25) is 9.59 Å². The summed E-state index contributed by atoms with van der Waals surface area (Å²) >= 11 is 0. The van der Waals surface area contributed by atoms with Gasteiger partial charge in [0.25, 0.3) is 5.91 Å². The summed E-state index contributed by atoms with van der Waals surface area (Å²) in [5, 5.41) is 2.74. The molecule has 0 aliphatic rings. The lowest BCUT2D eigenvalue weighted by atomic mass is 10.0. The van der Waals surface area contributed by atoms with Crippen LogP contribution in [0.2, 0.25) is 0 Å². The smallest absolute Gasteiger partial charge is 0.250 e. The second-order valence-corrected chi connectivity index (χ2v) is 6.56. The first-order chi connectivity index (χ1) is 12.8. The van der Waals surface area contributed by atoms with Crippen molar-refractivity contribution in [1.29, 1.82) is 0 Å². The summed E-state index contributed by atoms with van der Waals surface area (Å²) in [6.45, 7) is 4.28. The first-order valence-electron chi connectivity index (χ1n) is 8.80. The van der Waals surface area contributed by atoms with Crippen LogP contribution < -0.4 is 20.5 Å². The van der Waals surface area contributed by atoms with Gasteiger partial charge in [0.2, 0.25) is 5.91 Å². The Kier molecular flexibility index (Phi) is 6.82. The summed E-state index contributed by atoms with van der Waals surface area (Å²) in [4.78, 5) is 24.1. The second kappa shape index (κ2) is 9.07. The summed E-state index contributed by atoms with van der Waals surface area (Å²) in [5.41, 5.74) is 8.24. The van der Waals surface area contributed by atoms with Crippen LogP contribution in [-0.2, 0) is 11.2 Å². The van der Waals surface area contributed by atoms with Crippen molar-refractivity contribution in [3.05, 3.63) is 53.1 Å². The van der Waals surface area contributed by atoms with E-state index in [2.05, 4.69) is 31.3 Å². The summed E-state index contributed by atoms with van der Waals surface area (Å²) in [5.74, 6) is 0.379. The Bertz CT molecular complexity index is 814. The van der Waals surface area contributed by atoms with Gasteiger partial charge in [-0.05, 0) is 29.5 Å². The molecule has 6 nitrogen and oxygen atoms in total. The van der Waals surface area contributed by atoms with Crippen LogP contribution in [0.5, 0.6) is 11.5 Å². The van der Waals surface area contributed by atoms with Crippen LogP contribution in [0.1, 0.15) is 47.7 Å². The molecule has 0 heterocycles. The molecular formula is C21H26N2O4. The Labute approximate surface area is 159 Å². The van der Waals surface area contributed by atoms with Crippen molar-refractivity contribution in [3.63, 3.8) is 0 Å². The van der Waals surface area contributed by atoms with E-state index in [1.807, 2.05) is 12.1 Å². The number of aryl methyl sites for hydroxylation is 1. The topological polar surface area (TPSA) is 90.6 Å². The first kappa shape index (κ1) is 20.3. The molecule has 0 unspecified atom stereocenters. The van der Waals surface area contributed by atoms with E-state index in [0.717, 1.165) is 5.56 Å². The Morgan fingerprint density at radius 3 is 2.15 bits per heavy atom. The van der Waals surface area contributed by atoms with Gasteiger partial charge < -0.3 is 20.5 Å². The van der Waals surface area contributed by atoms with Crippen molar-refractivity contribution in [2.45, 2.75) is 32.6 Å². The van der Waals surface area contributed by atoms with Crippen molar-refractivity contribution >= 4 is 17.5 Å². The molecular weight excluding hydrogens is 344 g/mol. The minimum absolute atomic E-state index is 0.169. The number of amides is 2. The predicted molar refractivity (Wildman–Crippen MR) is 106 cm³/mol. The van der Waals surface area contributed by atoms with Gasteiger partial charge >= 0.3 is 0 Å². The SMILES string of the molecule is COc1cc(NC(=O)CCc2ccc(C(C)C)cc2)c(C(N)=O)cc1OC. The highest BCUT2D eigenvalue weighted by Crippen LogP contribution is 2.33. The van der Waals surface area contributed by atoms with Gasteiger partial charge in [0, 0.05) is 12.5 Å². The fourth-order valence-electron chi connectivity index (χ4n) is 2.73. The second-order valence-electron chi connectivity index (χ2n) is 6.56. The van der Waals surface area contributed by atoms with Crippen LogP contribution >= 0.6 is 0 Å². The highest BCUT2D eigenvalue weighted by Gasteiger charge is 2.16. The Morgan fingerprint density at radius 1 is 1.04 bits per heavy atom. The number of rotatable bonds is 8. The largest absolute Gasteiger partial charge is 0.493 e. The molecule has 2 aromatic carbocycles. The third kappa shape index (κ3) is 5.23. The highest BCUT2D eigenvalue weighted by atomic mass is 16.5. The van der Waals surface area contributed by atoms with Gasteiger partial charge in [0.15, 0.2) is 11.5 Å². The lowest BCUT2D eigenvalue weighted by Gasteiger charge is -2.14. The molecule has 0 atom stereocenters. The van der Waals surface area contributed by atoms with Crippen molar-refractivity contribution in [2.75, 3.05) is 19.5 Å². The molecule has 27 heavy (non-hydrogen) atoms. The van der Waals surface area contributed by atoms with Gasteiger partial charge in [-0.1, -0.05) is 38.1 Å². The average Bonchev–Trinajstić information content (AvgIpc) is 2.66. The summed E-state index contributed by atoms with van der Waals surface area (Å²) in [7, 11) is 2.94. The lowest BCUT2D eigenvalue weighted by Crippen LogP contribution is -2.19. The summed E-state index contributed by atoms with van der Waals surface area (Å²) in [6, 6.07) is 11.2. The molecule has 0 aliphatic heterocycles. The third-order valence-corrected chi connectivity index (χ3v) is 4.35. The molecule has 0 aliphatic carbocycles. The van der Waals surface area contributed by atoms with Crippen LogP contribution in [-0.4, -0.2) is 26.0 Å². The lowest BCUT2D eigenvalue weighted by molar-refractivity contribution is -0.116. The number of primary amides is 1. The molecule has 6 heteroatoms.